The number of nitrogens with one attached hydrogen (secondary N) is 1. The second kappa shape index (κ2) is 6.00. The number of aromatic nitrogens is 1. The number of nitrogens with zero attached hydrogens (tertiary/aromatic N) is 1. The molecule has 0 saturated heterocycles. The number of pyridine rings is 1. The Kier molecular flexibility index (Phi) is 4.12. The molecule has 18 heavy (non-hydrogen) atoms. The van der Waals surface area contributed by atoms with Crippen molar-refractivity contribution in [2.24, 2.45) is 0 Å². The Labute approximate surface area is 106 Å². The molecular weight excluding hydrogens is 228 g/mol. The largest absolute Gasteiger partial charge is 0.449 e. The van der Waals surface area contributed by atoms with Crippen LogP contribution in [0.5, 0.6) is 0 Å². The first kappa shape index (κ1) is 12.4. The molecule has 1 aromatic carbocycles. The monoisotopic (exact) mass is 243 g/mol. The maximum Gasteiger partial charge on any atom is 0.412 e. The van der Waals surface area contributed by atoms with Gasteiger partial charge in [-0.2, -0.15) is 0 Å². The molecule has 0 aliphatic rings. The highest BCUT2D eigenvalue weighted by Gasteiger charge is 2.04. The zero-order valence-corrected chi connectivity index (χ0v) is 10.3. The molecule has 93 valence electrons. The summed E-state index contributed by atoms with van der Waals surface area (Å²) in [6.07, 6.45) is 1.37. The fraction of sp³-hybridized carbons (Fsp3) is 0.286. The molecular formula is C14H15N2O2. The lowest BCUT2D eigenvalue weighted by atomic mass is 10.2. The Morgan fingerprint density at radius 2 is 2.28 bits per heavy atom. The lowest BCUT2D eigenvalue weighted by Crippen LogP contribution is -2.15. The van der Waals surface area contributed by atoms with Crippen LogP contribution < -0.4 is 5.32 Å². The normalized spacial score (nSPS) is 10.3. The van der Waals surface area contributed by atoms with Gasteiger partial charge in [0.1, 0.15) is 5.82 Å². The summed E-state index contributed by atoms with van der Waals surface area (Å²) in [5.74, 6) is 0.384. The van der Waals surface area contributed by atoms with Crippen LogP contribution in [0, 0.1) is 6.07 Å². The summed E-state index contributed by atoms with van der Waals surface area (Å²) in [5.41, 5.74) is 0.820. The first-order chi connectivity index (χ1) is 8.79. The second-order valence-corrected chi connectivity index (χ2v) is 3.92. The minimum atomic E-state index is -0.484. The van der Waals surface area contributed by atoms with Gasteiger partial charge in [-0.3, -0.25) is 5.32 Å². The van der Waals surface area contributed by atoms with Gasteiger partial charge in [-0.25, -0.2) is 9.78 Å². The number of anilines is 1. The summed E-state index contributed by atoms with van der Waals surface area (Å²) in [6.45, 7) is 2.47. The van der Waals surface area contributed by atoms with Crippen molar-refractivity contribution in [2.45, 2.75) is 19.8 Å². The zero-order valence-electron chi connectivity index (χ0n) is 10.3. The van der Waals surface area contributed by atoms with Gasteiger partial charge in [-0.1, -0.05) is 31.5 Å². The number of fused-ring (bicyclic) bond motifs is 1. The summed E-state index contributed by atoms with van der Waals surface area (Å²) < 4.78 is 4.99. The number of hydrogen-bond acceptors (Lipinski definition) is 3. The summed E-state index contributed by atoms with van der Waals surface area (Å²) in [7, 11) is 0. The molecule has 0 unspecified atom stereocenters. The summed E-state index contributed by atoms with van der Waals surface area (Å²) in [4.78, 5) is 15.7. The average Bonchev–Trinajstić information content (AvgIpc) is 2.39. The molecule has 2 rings (SSSR count). The summed E-state index contributed by atoms with van der Waals surface area (Å²) in [6, 6.07) is 12.4. The van der Waals surface area contributed by atoms with Crippen molar-refractivity contribution in [1.29, 1.82) is 0 Å². The van der Waals surface area contributed by atoms with Gasteiger partial charge in [0.25, 0.3) is 0 Å². The van der Waals surface area contributed by atoms with Gasteiger partial charge in [0, 0.05) is 11.5 Å². The number of unbranched alkanes of at least 4 members (excludes halogenated alkanes) is 1. The number of para-hydroxylation sites is 1. The Bertz CT molecular complexity index is 540. The maximum absolute atomic E-state index is 11.4. The van der Waals surface area contributed by atoms with Gasteiger partial charge in [0.2, 0.25) is 0 Å². The zero-order chi connectivity index (χ0) is 12.8. The number of amides is 1. The quantitative estimate of drug-likeness (QED) is 0.837. The molecule has 0 atom stereocenters. The number of carbonyl (C=O) groups excluding carboxylic acids is 1. The van der Waals surface area contributed by atoms with Crippen LogP contribution in [0.1, 0.15) is 19.8 Å². The third kappa shape index (κ3) is 3.20. The van der Waals surface area contributed by atoms with Crippen molar-refractivity contribution in [3.63, 3.8) is 0 Å². The predicted octanol–water partition coefficient (Wildman–Crippen LogP) is 3.38. The fourth-order valence-electron chi connectivity index (χ4n) is 1.52. The third-order valence-electron chi connectivity index (χ3n) is 2.48. The van der Waals surface area contributed by atoms with Crippen LogP contribution in [0.2, 0.25) is 0 Å². The van der Waals surface area contributed by atoms with Crippen molar-refractivity contribution in [3.8, 4) is 0 Å². The van der Waals surface area contributed by atoms with Crippen LogP contribution in [0.3, 0.4) is 0 Å². The SMILES string of the molecule is CCCCOC(=O)Nc1[c]cc2ccccc2n1. The molecule has 0 fully saturated rings. The molecule has 1 radical (unpaired) electrons. The maximum atomic E-state index is 11.4. The molecule has 0 saturated carbocycles. The number of hydrogen-bond donors (Lipinski definition) is 1. The Morgan fingerprint density at radius 3 is 3.11 bits per heavy atom. The van der Waals surface area contributed by atoms with E-state index in [-0.39, 0.29) is 0 Å². The Morgan fingerprint density at radius 1 is 1.44 bits per heavy atom. The van der Waals surface area contributed by atoms with E-state index < -0.39 is 6.09 Å². The van der Waals surface area contributed by atoms with E-state index in [2.05, 4.69) is 16.4 Å². The standard InChI is InChI=1S/C14H15N2O2/c1-2-3-10-18-14(17)16-13-9-8-11-6-4-5-7-12(11)15-13/h4-8H,2-3,10H2,1H3,(H,15,16,17). The lowest BCUT2D eigenvalue weighted by Gasteiger charge is -2.06. The molecule has 4 heteroatoms. The molecule has 0 bridgehead atoms. The highest BCUT2D eigenvalue weighted by atomic mass is 16.5. The molecule has 4 nitrogen and oxygen atoms in total. The Hall–Kier alpha value is -2.10. The van der Waals surface area contributed by atoms with Crippen LogP contribution in [-0.4, -0.2) is 17.7 Å². The van der Waals surface area contributed by atoms with E-state index in [1.54, 1.807) is 6.07 Å². The smallest absolute Gasteiger partial charge is 0.412 e. The van der Waals surface area contributed by atoms with Crippen LogP contribution in [-0.2, 0) is 4.74 Å². The van der Waals surface area contributed by atoms with E-state index in [1.807, 2.05) is 31.2 Å². The van der Waals surface area contributed by atoms with Gasteiger partial charge < -0.3 is 4.74 Å². The first-order valence-electron chi connectivity index (χ1n) is 6.01. The van der Waals surface area contributed by atoms with Gasteiger partial charge in [0.15, 0.2) is 0 Å². The minimum Gasteiger partial charge on any atom is -0.449 e. The average molecular weight is 243 g/mol. The molecule has 1 heterocycles. The summed E-state index contributed by atoms with van der Waals surface area (Å²) >= 11 is 0. The molecule has 2 aromatic rings. The van der Waals surface area contributed by atoms with Gasteiger partial charge >= 0.3 is 6.09 Å². The van der Waals surface area contributed by atoms with Crippen molar-refractivity contribution < 1.29 is 9.53 Å². The number of rotatable bonds is 4. The third-order valence-corrected chi connectivity index (χ3v) is 2.48. The van der Waals surface area contributed by atoms with Gasteiger partial charge in [0.05, 0.1) is 12.1 Å². The van der Waals surface area contributed by atoms with Gasteiger partial charge in [-0.15, -0.1) is 0 Å². The van der Waals surface area contributed by atoms with Crippen molar-refractivity contribution in [3.05, 3.63) is 36.4 Å². The lowest BCUT2D eigenvalue weighted by molar-refractivity contribution is 0.160. The van der Waals surface area contributed by atoms with E-state index >= 15 is 0 Å². The number of carbonyl (C=O) groups is 1. The van der Waals surface area contributed by atoms with Gasteiger partial charge in [-0.05, 0) is 18.6 Å². The minimum absolute atomic E-state index is 0.384. The highest BCUT2D eigenvalue weighted by Crippen LogP contribution is 2.13. The van der Waals surface area contributed by atoms with E-state index in [1.165, 1.54) is 0 Å². The van der Waals surface area contributed by atoms with E-state index in [4.69, 9.17) is 4.74 Å². The van der Waals surface area contributed by atoms with Crippen molar-refractivity contribution >= 4 is 22.8 Å². The highest BCUT2D eigenvalue weighted by molar-refractivity contribution is 5.86. The van der Waals surface area contributed by atoms with Crippen LogP contribution in [0.25, 0.3) is 10.9 Å². The fourth-order valence-corrected chi connectivity index (χ4v) is 1.52. The number of ether oxygens (including phenoxy) is 1. The number of benzene rings is 1. The van der Waals surface area contributed by atoms with Crippen molar-refractivity contribution in [2.75, 3.05) is 11.9 Å². The van der Waals surface area contributed by atoms with E-state index in [0.717, 1.165) is 23.7 Å². The van der Waals surface area contributed by atoms with Crippen LogP contribution >= 0.6 is 0 Å². The molecule has 0 aliphatic heterocycles. The molecule has 1 N–H and O–H groups in total. The first-order valence-corrected chi connectivity index (χ1v) is 6.01. The predicted molar refractivity (Wildman–Crippen MR) is 70.5 cm³/mol. The van der Waals surface area contributed by atoms with Crippen LogP contribution in [0.4, 0.5) is 10.6 Å². The van der Waals surface area contributed by atoms with E-state index in [9.17, 15) is 4.79 Å². The van der Waals surface area contributed by atoms with E-state index in [0.29, 0.717) is 12.4 Å². The molecule has 1 amide bonds. The second-order valence-electron chi connectivity index (χ2n) is 3.92. The van der Waals surface area contributed by atoms with Crippen LogP contribution in [0.15, 0.2) is 30.3 Å². The Balaban J connectivity index is 2.01. The topological polar surface area (TPSA) is 51.2 Å². The van der Waals surface area contributed by atoms with Crippen molar-refractivity contribution in [1.82, 2.24) is 4.98 Å². The molecule has 0 aliphatic carbocycles. The molecule has 1 aromatic heterocycles. The molecule has 0 spiro atoms. The summed E-state index contributed by atoms with van der Waals surface area (Å²) in [5, 5.41) is 3.55.